The first-order valence-corrected chi connectivity index (χ1v) is 6.21. The number of nitrogens with one attached hydrogen (secondary N) is 1. The lowest BCUT2D eigenvalue weighted by Crippen LogP contribution is -2.17. The molecule has 100 valence electrons. The number of rotatable bonds is 4. The van der Waals surface area contributed by atoms with Gasteiger partial charge in [-0.2, -0.15) is 0 Å². The van der Waals surface area contributed by atoms with E-state index in [0.717, 1.165) is 17.1 Å². The summed E-state index contributed by atoms with van der Waals surface area (Å²) in [7, 11) is 3.77. The zero-order valence-corrected chi connectivity index (χ0v) is 11.4. The van der Waals surface area contributed by atoms with Crippen molar-refractivity contribution in [3.63, 3.8) is 0 Å². The smallest absolute Gasteiger partial charge is 0.141 e. The van der Waals surface area contributed by atoms with Crippen LogP contribution in [-0.4, -0.2) is 19.1 Å². The molecule has 1 N–H and O–H groups in total. The van der Waals surface area contributed by atoms with Gasteiger partial charge in [0.2, 0.25) is 0 Å². The first-order chi connectivity index (χ1) is 9.11. The molecule has 0 fully saturated rings. The summed E-state index contributed by atoms with van der Waals surface area (Å²) < 4.78 is 13.3. The number of nitrogens with zero attached hydrogens (tertiary/aromatic N) is 2. The molecule has 0 radical (unpaired) electrons. The lowest BCUT2D eigenvalue weighted by molar-refractivity contribution is 0.616. The number of benzene rings is 1. The molecule has 0 spiro atoms. The van der Waals surface area contributed by atoms with Crippen LogP contribution >= 0.6 is 0 Å². The Morgan fingerprint density at radius 3 is 2.79 bits per heavy atom. The zero-order chi connectivity index (χ0) is 13.8. The quantitative estimate of drug-likeness (QED) is 0.914. The van der Waals surface area contributed by atoms with Crippen molar-refractivity contribution in [2.24, 2.45) is 0 Å². The topological polar surface area (TPSA) is 28.2 Å². The van der Waals surface area contributed by atoms with Gasteiger partial charge in [-0.15, -0.1) is 0 Å². The highest BCUT2D eigenvalue weighted by Gasteiger charge is 2.11. The average Bonchev–Trinajstić information content (AvgIpc) is 2.39. The lowest BCUT2D eigenvalue weighted by atomic mass is 10.2. The Hall–Kier alpha value is -1.94. The molecule has 3 nitrogen and oxygen atoms in total. The van der Waals surface area contributed by atoms with Crippen LogP contribution in [0.4, 0.5) is 15.9 Å². The van der Waals surface area contributed by atoms with Gasteiger partial charge >= 0.3 is 0 Å². The predicted molar refractivity (Wildman–Crippen MR) is 76.2 cm³/mol. The Bertz CT molecular complexity index is 569. The van der Waals surface area contributed by atoms with Gasteiger partial charge in [0.1, 0.15) is 11.6 Å². The van der Waals surface area contributed by atoms with Crippen LogP contribution in [0.15, 0.2) is 36.5 Å². The molecule has 4 heteroatoms. The Balaban J connectivity index is 2.40. The monoisotopic (exact) mass is 259 g/mol. The molecule has 0 saturated carbocycles. The summed E-state index contributed by atoms with van der Waals surface area (Å²) in [6, 6.07) is 9.66. The first kappa shape index (κ1) is 13.5. The Morgan fingerprint density at radius 1 is 1.32 bits per heavy atom. The predicted octanol–water partition coefficient (Wildman–Crippen LogP) is 3.02. The fourth-order valence-corrected chi connectivity index (χ4v) is 2.06. The molecular weight excluding hydrogens is 241 g/mol. The van der Waals surface area contributed by atoms with E-state index in [4.69, 9.17) is 0 Å². The van der Waals surface area contributed by atoms with Gasteiger partial charge in [0.25, 0.3) is 0 Å². The van der Waals surface area contributed by atoms with Gasteiger partial charge in [0, 0.05) is 24.8 Å². The van der Waals surface area contributed by atoms with E-state index in [1.807, 2.05) is 44.1 Å². The molecule has 0 bridgehead atoms. The number of pyridine rings is 1. The molecule has 2 rings (SSSR count). The zero-order valence-electron chi connectivity index (χ0n) is 11.4. The van der Waals surface area contributed by atoms with Crippen molar-refractivity contribution in [1.29, 1.82) is 0 Å². The Morgan fingerprint density at radius 2 is 2.11 bits per heavy atom. The molecule has 0 unspecified atom stereocenters. The van der Waals surface area contributed by atoms with E-state index in [0.29, 0.717) is 6.54 Å². The highest BCUT2D eigenvalue weighted by molar-refractivity contribution is 5.62. The van der Waals surface area contributed by atoms with E-state index in [1.54, 1.807) is 0 Å². The van der Waals surface area contributed by atoms with Crippen molar-refractivity contribution in [3.05, 3.63) is 53.5 Å². The molecular formula is C15H18FN3. The molecule has 1 heterocycles. The van der Waals surface area contributed by atoms with E-state index >= 15 is 0 Å². The van der Waals surface area contributed by atoms with E-state index in [9.17, 15) is 4.39 Å². The van der Waals surface area contributed by atoms with Crippen LogP contribution in [-0.2, 0) is 6.54 Å². The molecule has 1 aromatic heterocycles. The van der Waals surface area contributed by atoms with Crippen molar-refractivity contribution >= 4 is 11.5 Å². The standard InChI is InChI=1S/C15H18FN3/c1-11-5-4-6-14(7-11)19(3)15-12(9-17-2)8-13(16)10-18-15/h4-8,10,17H,9H2,1-3H3. The average molecular weight is 259 g/mol. The second-order valence-corrected chi connectivity index (χ2v) is 4.56. The first-order valence-electron chi connectivity index (χ1n) is 6.21. The summed E-state index contributed by atoms with van der Waals surface area (Å²) >= 11 is 0. The maximum absolute atomic E-state index is 13.3. The Labute approximate surface area is 113 Å². The van der Waals surface area contributed by atoms with Crippen molar-refractivity contribution in [3.8, 4) is 0 Å². The van der Waals surface area contributed by atoms with E-state index in [1.165, 1.54) is 17.8 Å². The van der Waals surface area contributed by atoms with Crippen LogP contribution in [0.2, 0.25) is 0 Å². The summed E-state index contributed by atoms with van der Waals surface area (Å²) in [6.07, 6.45) is 1.25. The maximum Gasteiger partial charge on any atom is 0.141 e. The van der Waals surface area contributed by atoms with Gasteiger partial charge in [-0.3, -0.25) is 0 Å². The maximum atomic E-state index is 13.3. The highest BCUT2D eigenvalue weighted by atomic mass is 19.1. The lowest BCUT2D eigenvalue weighted by Gasteiger charge is -2.21. The van der Waals surface area contributed by atoms with Gasteiger partial charge in [-0.25, -0.2) is 9.37 Å². The molecule has 2 aromatic rings. The summed E-state index contributed by atoms with van der Waals surface area (Å²) in [4.78, 5) is 6.19. The van der Waals surface area contributed by atoms with Gasteiger partial charge in [0.05, 0.1) is 6.20 Å². The third-order valence-corrected chi connectivity index (χ3v) is 2.98. The number of halogens is 1. The molecule has 19 heavy (non-hydrogen) atoms. The number of hydrogen-bond donors (Lipinski definition) is 1. The van der Waals surface area contributed by atoms with Crippen LogP contribution in [0.5, 0.6) is 0 Å². The summed E-state index contributed by atoms with van der Waals surface area (Å²) in [5.74, 6) is 0.452. The highest BCUT2D eigenvalue weighted by Crippen LogP contribution is 2.25. The Kier molecular flexibility index (Phi) is 4.12. The second kappa shape index (κ2) is 5.80. The summed E-state index contributed by atoms with van der Waals surface area (Å²) in [5, 5.41) is 3.04. The molecule has 0 aliphatic heterocycles. The second-order valence-electron chi connectivity index (χ2n) is 4.56. The normalized spacial score (nSPS) is 10.5. The van der Waals surface area contributed by atoms with Gasteiger partial charge in [-0.1, -0.05) is 12.1 Å². The summed E-state index contributed by atoms with van der Waals surface area (Å²) in [5.41, 5.74) is 3.06. The van der Waals surface area contributed by atoms with Crippen molar-refractivity contribution in [2.45, 2.75) is 13.5 Å². The molecule has 0 aliphatic carbocycles. The molecule has 1 aromatic carbocycles. The fourth-order valence-electron chi connectivity index (χ4n) is 2.06. The minimum Gasteiger partial charge on any atom is -0.329 e. The minimum atomic E-state index is -0.313. The van der Waals surface area contributed by atoms with Crippen LogP contribution in [0.3, 0.4) is 0 Å². The van der Waals surface area contributed by atoms with Crippen LogP contribution in [0.1, 0.15) is 11.1 Å². The van der Waals surface area contributed by atoms with E-state index in [2.05, 4.69) is 16.4 Å². The minimum absolute atomic E-state index is 0.313. The number of hydrogen-bond acceptors (Lipinski definition) is 3. The molecule has 0 saturated heterocycles. The third kappa shape index (κ3) is 3.09. The summed E-state index contributed by atoms with van der Waals surface area (Å²) in [6.45, 7) is 2.63. The van der Waals surface area contributed by atoms with E-state index < -0.39 is 0 Å². The molecule has 0 atom stereocenters. The molecule has 0 aliphatic rings. The van der Waals surface area contributed by atoms with Crippen molar-refractivity contribution in [2.75, 3.05) is 19.0 Å². The van der Waals surface area contributed by atoms with Gasteiger partial charge in [-0.05, 0) is 37.7 Å². The largest absolute Gasteiger partial charge is 0.329 e. The fraction of sp³-hybridized carbons (Fsp3) is 0.267. The van der Waals surface area contributed by atoms with Crippen molar-refractivity contribution in [1.82, 2.24) is 10.3 Å². The van der Waals surface area contributed by atoms with Crippen LogP contribution < -0.4 is 10.2 Å². The van der Waals surface area contributed by atoms with Crippen LogP contribution in [0.25, 0.3) is 0 Å². The van der Waals surface area contributed by atoms with Gasteiger partial charge in [0.15, 0.2) is 0 Å². The third-order valence-electron chi connectivity index (χ3n) is 2.98. The SMILES string of the molecule is CNCc1cc(F)cnc1N(C)c1cccc(C)c1. The van der Waals surface area contributed by atoms with E-state index in [-0.39, 0.29) is 5.82 Å². The number of anilines is 2. The number of aryl methyl sites for hydroxylation is 1. The number of aromatic nitrogens is 1. The van der Waals surface area contributed by atoms with Gasteiger partial charge < -0.3 is 10.2 Å². The van der Waals surface area contributed by atoms with Crippen LogP contribution in [0, 0.1) is 12.7 Å². The van der Waals surface area contributed by atoms with Crippen molar-refractivity contribution < 1.29 is 4.39 Å². The molecule has 0 amide bonds.